The van der Waals surface area contributed by atoms with Crippen LogP contribution in [-0.4, -0.2) is 0 Å². The first-order valence-corrected chi connectivity index (χ1v) is 3.68. The van der Waals surface area contributed by atoms with Crippen molar-refractivity contribution in [1.82, 2.24) is 0 Å². The second-order valence-corrected chi connectivity index (χ2v) is 2.03. The summed E-state index contributed by atoms with van der Waals surface area (Å²) in [4.78, 5) is 0. The first-order chi connectivity index (χ1) is 4.41. The minimum atomic E-state index is 1.16. The molecule has 0 saturated heterocycles. The highest BCUT2D eigenvalue weighted by Gasteiger charge is 1.72. The molecule has 0 atom stereocenters. The first kappa shape index (κ1) is 8.48. The fourth-order valence-corrected chi connectivity index (χ4v) is 0.644. The quantitative estimate of drug-likeness (QED) is 0.398. The van der Waals surface area contributed by atoms with Crippen LogP contribution in [0.1, 0.15) is 33.1 Å². The van der Waals surface area contributed by atoms with E-state index in [9.17, 15) is 0 Å². The Morgan fingerprint density at radius 1 is 1.00 bits per heavy atom. The number of unbranched alkanes of at least 4 members (excludes halogenated alkanes) is 1. The van der Waals surface area contributed by atoms with Gasteiger partial charge in [0.05, 0.1) is 0 Å². The van der Waals surface area contributed by atoms with E-state index < -0.39 is 0 Å². The van der Waals surface area contributed by atoms with Gasteiger partial charge in [-0.3, -0.25) is 0 Å². The van der Waals surface area contributed by atoms with E-state index in [1.54, 1.807) is 0 Å². The lowest BCUT2D eigenvalue weighted by Gasteiger charge is -1.83. The monoisotopic (exact) mass is 124 g/mol. The molecule has 0 aliphatic heterocycles. The summed E-state index contributed by atoms with van der Waals surface area (Å²) in [5.74, 6) is 0. The van der Waals surface area contributed by atoms with Gasteiger partial charge in [0.2, 0.25) is 0 Å². The Morgan fingerprint density at radius 3 is 2.22 bits per heavy atom. The highest BCUT2D eigenvalue weighted by atomic mass is 13.8. The van der Waals surface area contributed by atoms with Gasteiger partial charge in [0.15, 0.2) is 0 Å². The van der Waals surface area contributed by atoms with Gasteiger partial charge < -0.3 is 0 Å². The molecule has 0 aliphatic rings. The predicted octanol–water partition coefficient (Wildman–Crippen LogP) is 3.31. The third-order valence-electron chi connectivity index (χ3n) is 1.14. The average Bonchev–Trinajstić information content (AvgIpc) is 1.89. The van der Waals surface area contributed by atoms with E-state index in [-0.39, 0.29) is 0 Å². The Bertz CT molecular complexity index is 88.2. The fraction of sp³-hybridized carbons (Fsp3) is 0.556. The summed E-state index contributed by atoms with van der Waals surface area (Å²) >= 11 is 0. The molecule has 0 aromatic carbocycles. The third kappa shape index (κ3) is 7.48. The summed E-state index contributed by atoms with van der Waals surface area (Å²) < 4.78 is 0. The van der Waals surface area contributed by atoms with Gasteiger partial charge in [0, 0.05) is 0 Å². The van der Waals surface area contributed by atoms with Crippen LogP contribution in [0.15, 0.2) is 24.3 Å². The average molecular weight is 124 g/mol. The highest BCUT2D eigenvalue weighted by molar-refractivity contribution is 4.85. The van der Waals surface area contributed by atoms with Crippen LogP contribution in [0.3, 0.4) is 0 Å². The fourth-order valence-electron chi connectivity index (χ4n) is 0.644. The van der Waals surface area contributed by atoms with Gasteiger partial charge in [-0.05, 0) is 26.2 Å². The van der Waals surface area contributed by atoms with Crippen molar-refractivity contribution < 1.29 is 0 Å². The van der Waals surface area contributed by atoms with Gasteiger partial charge in [-0.2, -0.15) is 0 Å². The Balaban J connectivity index is 2.99. The first-order valence-electron chi connectivity index (χ1n) is 3.68. The van der Waals surface area contributed by atoms with Crippen LogP contribution in [0.4, 0.5) is 0 Å². The molecule has 0 nitrogen and oxygen atoms in total. The maximum Gasteiger partial charge on any atom is -0.0316 e. The summed E-state index contributed by atoms with van der Waals surface area (Å²) in [5, 5.41) is 0. The van der Waals surface area contributed by atoms with Crippen molar-refractivity contribution in [3.05, 3.63) is 24.3 Å². The minimum absolute atomic E-state index is 1.16. The summed E-state index contributed by atoms with van der Waals surface area (Å²) in [7, 11) is 0. The summed E-state index contributed by atoms with van der Waals surface area (Å²) in [6, 6.07) is 0. The van der Waals surface area contributed by atoms with Gasteiger partial charge in [-0.15, -0.1) is 0 Å². The minimum Gasteiger partial charge on any atom is -0.0917 e. The third-order valence-corrected chi connectivity index (χ3v) is 1.14. The van der Waals surface area contributed by atoms with Crippen LogP contribution in [0, 0.1) is 0 Å². The zero-order valence-electron chi connectivity index (χ0n) is 6.43. The van der Waals surface area contributed by atoms with Crippen molar-refractivity contribution in [1.29, 1.82) is 0 Å². The van der Waals surface area contributed by atoms with Crippen LogP contribution in [-0.2, 0) is 0 Å². The zero-order valence-corrected chi connectivity index (χ0v) is 6.43. The Kier molecular flexibility index (Phi) is 7.05. The van der Waals surface area contributed by atoms with Crippen LogP contribution in [0.5, 0.6) is 0 Å². The van der Waals surface area contributed by atoms with Crippen molar-refractivity contribution in [2.75, 3.05) is 0 Å². The van der Waals surface area contributed by atoms with E-state index >= 15 is 0 Å². The standard InChI is InChI=1S/C9H16/c1-3-5-7-9-8-6-4-2/h3,5-6,8H,4,7,9H2,1-2H3/b5-3+,8-6?. The van der Waals surface area contributed by atoms with Gasteiger partial charge in [0.25, 0.3) is 0 Å². The Morgan fingerprint density at radius 2 is 1.67 bits per heavy atom. The molecule has 0 aromatic rings. The number of hydrogen-bond donors (Lipinski definition) is 0. The second-order valence-electron chi connectivity index (χ2n) is 2.03. The SMILES string of the molecule is C/C=C/CCC=CCC. The molecule has 0 unspecified atom stereocenters. The topological polar surface area (TPSA) is 0 Å². The molecule has 0 radical (unpaired) electrons. The van der Waals surface area contributed by atoms with E-state index in [0.717, 1.165) is 6.42 Å². The molecule has 0 amide bonds. The van der Waals surface area contributed by atoms with Crippen LogP contribution in [0.25, 0.3) is 0 Å². The second kappa shape index (κ2) is 7.48. The van der Waals surface area contributed by atoms with E-state index in [0.29, 0.717) is 0 Å². The molecule has 0 spiro atoms. The largest absolute Gasteiger partial charge is 0.0917 e. The van der Waals surface area contributed by atoms with Crippen molar-refractivity contribution in [3.8, 4) is 0 Å². The molecule has 0 aromatic heterocycles. The molecule has 0 heteroatoms. The molecular formula is C9H16. The van der Waals surface area contributed by atoms with E-state index in [1.165, 1.54) is 12.8 Å². The van der Waals surface area contributed by atoms with Crippen LogP contribution >= 0.6 is 0 Å². The Labute approximate surface area is 58.3 Å². The summed E-state index contributed by atoms with van der Waals surface area (Å²) in [6.45, 7) is 4.22. The smallest absolute Gasteiger partial charge is 0.0316 e. The lowest BCUT2D eigenvalue weighted by atomic mass is 10.2. The van der Waals surface area contributed by atoms with Crippen LogP contribution < -0.4 is 0 Å². The summed E-state index contributed by atoms with van der Waals surface area (Å²) in [5.41, 5.74) is 0. The molecule has 0 saturated carbocycles. The van der Waals surface area contributed by atoms with Gasteiger partial charge in [-0.25, -0.2) is 0 Å². The van der Waals surface area contributed by atoms with E-state index in [4.69, 9.17) is 0 Å². The predicted molar refractivity (Wildman–Crippen MR) is 43.5 cm³/mol. The molecular weight excluding hydrogens is 108 g/mol. The highest BCUT2D eigenvalue weighted by Crippen LogP contribution is 1.93. The molecule has 0 aliphatic carbocycles. The van der Waals surface area contributed by atoms with Gasteiger partial charge >= 0.3 is 0 Å². The van der Waals surface area contributed by atoms with Crippen molar-refractivity contribution in [2.24, 2.45) is 0 Å². The lowest BCUT2D eigenvalue weighted by molar-refractivity contribution is 1.03. The normalized spacial score (nSPS) is 11.8. The van der Waals surface area contributed by atoms with Crippen LogP contribution in [0.2, 0.25) is 0 Å². The van der Waals surface area contributed by atoms with Crippen molar-refractivity contribution >= 4 is 0 Å². The number of allylic oxidation sites excluding steroid dienone is 4. The van der Waals surface area contributed by atoms with E-state index in [2.05, 4.69) is 38.2 Å². The lowest BCUT2D eigenvalue weighted by Crippen LogP contribution is -1.62. The molecule has 9 heavy (non-hydrogen) atoms. The summed E-state index contributed by atoms with van der Waals surface area (Å²) in [6.07, 6.45) is 12.3. The van der Waals surface area contributed by atoms with Crippen molar-refractivity contribution in [2.45, 2.75) is 33.1 Å². The Hall–Kier alpha value is -0.520. The molecule has 0 bridgehead atoms. The number of hydrogen-bond acceptors (Lipinski definition) is 0. The van der Waals surface area contributed by atoms with Gasteiger partial charge in [-0.1, -0.05) is 31.2 Å². The van der Waals surface area contributed by atoms with Gasteiger partial charge in [0.1, 0.15) is 0 Å². The molecule has 0 heterocycles. The van der Waals surface area contributed by atoms with Crippen molar-refractivity contribution in [3.63, 3.8) is 0 Å². The zero-order chi connectivity index (χ0) is 6.95. The number of rotatable bonds is 4. The maximum absolute atomic E-state index is 2.24. The molecule has 0 N–H and O–H groups in total. The molecule has 52 valence electrons. The maximum atomic E-state index is 2.24. The molecule has 0 rings (SSSR count). The van der Waals surface area contributed by atoms with E-state index in [1.807, 2.05) is 0 Å². The molecule has 0 fully saturated rings.